The zero-order valence-electron chi connectivity index (χ0n) is 10.5. The molecule has 0 fully saturated rings. The largest absolute Gasteiger partial charge is 0.490 e. The molecule has 0 spiro atoms. The molecule has 19 heavy (non-hydrogen) atoms. The molecular weight excluding hydrogens is 248 g/mol. The fraction of sp³-hybridized carbons (Fsp3) is 0.214. The fourth-order valence-electron chi connectivity index (χ4n) is 1.63. The van der Waals surface area contributed by atoms with E-state index in [2.05, 4.69) is 0 Å². The lowest BCUT2D eigenvalue weighted by molar-refractivity contribution is 0.0692. The number of carboxylic acid groups (broad SMARTS) is 1. The van der Waals surface area contributed by atoms with Crippen LogP contribution in [0.3, 0.4) is 0 Å². The van der Waals surface area contributed by atoms with E-state index >= 15 is 0 Å². The van der Waals surface area contributed by atoms with Gasteiger partial charge in [0, 0.05) is 0 Å². The molecule has 100 valence electrons. The molecule has 0 aliphatic rings. The number of hydrogen-bond acceptors (Lipinski definition) is 4. The van der Waals surface area contributed by atoms with Crippen LogP contribution in [0.15, 0.2) is 41.0 Å². The van der Waals surface area contributed by atoms with E-state index in [1.54, 1.807) is 12.1 Å². The number of rotatable bonds is 6. The highest BCUT2D eigenvalue weighted by atomic mass is 16.5. The van der Waals surface area contributed by atoms with Gasteiger partial charge in [-0.3, -0.25) is 0 Å². The molecule has 2 aromatic rings. The minimum atomic E-state index is -1.04. The molecule has 0 bridgehead atoms. The molecule has 0 radical (unpaired) electrons. The topological polar surface area (TPSA) is 68.9 Å². The third-order valence-electron chi connectivity index (χ3n) is 2.48. The Kier molecular flexibility index (Phi) is 4.07. The maximum Gasteiger partial charge on any atom is 0.339 e. The van der Waals surface area contributed by atoms with E-state index in [1.807, 2.05) is 19.1 Å². The van der Waals surface area contributed by atoms with E-state index in [0.29, 0.717) is 18.1 Å². The van der Waals surface area contributed by atoms with Crippen LogP contribution >= 0.6 is 0 Å². The van der Waals surface area contributed by atoms with Crippen LogP contribution in [-0.4, -0.2) is 17.7 Å². The van der Waals surface area contributed by atoms with Crippen molar-refractivity contribution >= 4 is 5.97 Å². The van der Waals surface area contributed by atoms with E-state index in [4.69, 9.17) is 19.0 Å². The molecule has 2 rings (SSSR count). The molecule has 1 aromatic heterocycles. The van der Waals surface area contributed by atoms with Gasteiger partial charge in [-0.1, -0.05) is 12.1 Å². The number of ether oxygens (including phenoxy) is 2. The van der Waals surface area contributed by atoms with E-state index in [9.17, 15) is 4.79 Å². The standard InChI is InChI=1S/C14H14O5/c1-2-17-11-5-3-4-6-12(11)19-9-13-10(14(15)16)7-8-18-13/h3-8H,2,9H2,1H3,(H,15,16). The Balaban J connectivity index is 2.10. The van der Waals surface area contributed by atoms with E-state index in [1.165, 1.54) is 12.3 Å². The van der Waals surface area contributed by atoms with Gasteiger partial charge in [0.2, 0.25) is 0 Å². The van der Waals surface area contributed by atoms with E-state index in [0.717, 1.165) is 0 Å². The van der Waals surface area contributed by atoms with Crippen LogP contribution in [0.4, 0.5) is 0 Å². The third-order valence-corrected chi connectivity index (χ3v) is 2.48. The van der Waals surface area contributed by atoms with Gasteiger partial charge in [-0.25, -0.2) is 4.79 Å². The molecule has 1 N–H and O–H groups in total. The number of furan rings is 1. The second kappa shape index (κ2) is 5.95. The lowest BCUT2D eigenvalue weighted by atomic mass is 10.2. The van der Waals surface area contributed by atoms with Crippen LogP contribution in [0.25, 0.3) is 0 Å². The second-order valence-corrected chi connectivity index (χ2v) is 3.73. The predicted molar refractivity (Wildman–Crippen MR) is 67.6 cm³/mol. The van der Waals surface area contributed by atoms with E-state index < -0.39 is 5.97 Å². The van der Waals surface area contributed by atoms with Crippen molar-refractivity contribution in [2.24, 2.45) is 0 Å². The maximum atomic E-state index is 10.9. The summed E-state index contributed by atoms with van der Waals surface area (Å²) in [6, 6.07) is 8.61. The Morgan fingerprint density at radius 3 is 2.53 bits per heavy atom. The van der Waals surface area contributed by atoms with Crippen molar-refractivity contribution in [2.45, 2.75) is 13.5 Å². The summed E-state index contributed by atoms with van der Waals surface area (Å²) in [7, 11) is 0. The smallest absolute Gasteiger partial charge is 0.339 e. The first-order valence-electron chi connectivity index (χ1n) is 5.86. The summed E-state index contributed by atoms with van der Waals surface area (Å²) in [4.78, 5) is 10.9. The molecule has 0 unspecified atom stereocenters. The summed E-state index contributed by atoms with van der Waals surface area (Å²) in [5.41, 5.74) is 0.105. The maximum absolute atomic E-state index is 10.9. The zero-order valence-corrected chi connectivity index (χ0v) is 10.5. The van der Waals surface area contributed by atoms with Crippen LogP contribution in [0, 0.1) is 0 Å². The van der Waals surface area contributed by atoms with Crippen molar-refractivity contribution in [1.29, 1.82) is 0 Å². The molecule has 0 atom stereocenters. The number of hydrogen-bond donors (Lipinski definition) is 1. The highest BCUT2D eigenvalue weighted by Gasteiger charge is 2.14. The molecule has 0 saturated heterocycles. The van der Waals surface area contributed by atoms with Crippen molar-refractivity contribution < 1.29 is 23.8 Å². The fourth-order valence-corrected chi connectivity index (χ4v) is 1.63. The van der Waals surface area contributed by atoms with Gasteiger partial charge in [0.15, 0.2) is 17.3 Å². The first-order chi connectivity index (χ1) is 9.22. The summed E-state index contributed by atoms with van der Waals surface area (Å²) in [6.45, 7) is 2.45. The van der Waals surface area contributed by atoms with Gasteiger partial charge < -0.3 is 19.0 Å². The van der Waals surface area contributed by atoms with Gasteiger partial charge in [0.25, 0.3) is 0 Å². The quantitative estimate of drug-likeness (QED) is 0.866. The Bertz CT molecular complexity index is 558. The van der Waals surface area contributed by atoms with Crippen LogP contribution in [0.2, 0.25) is 0 Å². The molecule has 5 heteroatoms. The average molecular weight is 262 g/mol. The highest BCUT2D eigenvalue weighted by molar-refractivity contribution is 5.88. The van der Waals surface area contributed by atoms with Crippen molar-refractivity contribution in [3.05, 3.63) is 47.9 Å². The summed E-state index contributed by atoms with van der Waals surface area (Å²) in [5, 5.41) is 8.95. The van der Waals surface area contributed by atoms with Crippen molar-refractivity contribution in [2.75, 3.05) is 6.61 Å². The molecule has 0 aliphatic heterocycles. The average Bonchev–Trinajstić information content (AvgIpc) is 2.86. The van der Waals surface area contributed by atoms with Crippen molar-refractivity contribution in [1.82, 2.24) is 0 Å². The molecule has 1 heterocycles. The molecular formula is C14H14O5. The van der Waals surface area contributed by atoms with Crippen molar-refractivity contribution in [3.8, 4) is 11.5 Å². The summed E-state index contributed by atoms with van der Waals surface area (Å²) in [6.07, 6.45) is 1.33. The van der Waals surface area contributed by atoms with Gasteiger partial charge in [-0.15, -0.1) is 0 Å². The number of carboxylic acids is 1. The molecule has 5 nitrogen and oxygen atoms in total. The Labute approximate surface area is 110 Å². The van der Waals surface area contributed by atoms with Crippen LogP contribution in [-0.2, 0) is 6.61 Å². The number of para-hydroxylation sites is 2. The predicted octanol–water partition coefficient (Wildman–Crippen LogP) is 2.96. The normalized spacial score (nSPS) is 10.2. The first-order valence-corrected chi connectivity index (χ1v) is 5.86. The Morgan fingerprint density at radius 1 is 1.21 bits per heavy atom. The lowest BCUT2D eigenvalue weighted by Crippen LogP contribution is -2.03. The first kappa shape index (κ1) is 13.0. The molecule has 1 aromatic carbocycles. The highest BCUT2D eigenvalue weighted by Crippen LogP contribution is 2.27. The van der Waals surface area contributed by atoms with Crippen molar-refractivity contribution in [3.63, 3.8) is 0 Å². The van der Waals surface area contributed by atoms with Gasteiger partial charge in [0.1, 0.15) is 12.2 Å². The minimum absolute atomic E-state index is 0.0404. The van der Waals surface area contributed by atoms with Gasteiger partial charge in [0.05, 0.1) is 12.9 Å². The summed E-state index contributed by atoms with van der Waals surface area (Å²) in [5.74, 6) is 0.412. The third kappa shape index (κ3) is 3.07. The second-order valence-electron chi connectivity index (χ2n) is 3.73. The van der Waals surface area contributed by atoms with Crippen LogP contribution < -0.4 is 9.47 Å². The van der Waals surface area contributed by atoms with E-state index in [-0.39, 0.29) is 17.9 Å². The van der Waals surface area contributed by atoms with Crippen LogP contribution in [0.1, 0.15) is 23.0 Å². The molecule has 0 aliphatic carbocycles. The lowest BCUT2D eigenvalue weighted by Gasteiger charge is -2.10. The molecule has 0 saturated carbocycles. The summed E-state index contributed by atoms with van der Waals surface area (Å²) < 4.78 is 16.1. The Hall–Kier alpha value is -2.43. The summed E-state index contributed by atoms with van der Waals surface area (Å²) >= 11 is 0. The van der Waals surface area contributed by atoms with Gasteiger partial charge >= 0.3 is 5.97 Å². The SMILES string of the molecule is CCOc1ccccc1OCc1occc1C(=O)O. The minimum Gasteiger partial charge on any atom is -0.490 e. The van der Waals surface area contributed by atoms with Gasteiger partial charge in [-0.2, -0.15) is 0 Å². The number of benzene rings is 1. The monoisotopic (exact) mass is 262 g/mol. The van der Waals surface area contributed by atoms with Crippen LogP contribution in [0.5, 0.6) is 11.5 Å². The number of carbonyl (C=O) groups is 1. The zero-order chi connectivity index (χ0) is 13.7. The van der Waals surface area contributed by atoms with Gasteiger partial charge in [-0.05, 0) is 25.1 Å². The number of aromatic carboxylic acids is 1. The molecule has 0 amide bonds. The Morgan fingerprint density at radius 2 is 1.89 bits per heavy atom.